The first-order valence-electron chi connectivity index (χ1n) is 6.53. The maximum Gasteiger partial charge on any atom is 0.255 e. The zero-order valence-corrected chi connectivity index (χ0v) is 12.0. The number of amides is 1. The van der Waals surface area contributed by atoms with Crippen LogP contribution in [-0.4, -0.2) is 35.4 Å². The van der Waals surface area contributed by atoms with Gasteiger partial charge in [-0.2, -0.15) is 0 Å². The molecule has 1 unspecified atom stereocenters. The van der Waals surface area contributed by atoms with E-state index >= 15 is 0 Å². The lowest BCUT2D eigenvalue weighted by Crippen LogP contribution is -2.40. The third-order valence-electron chi connectivity index (χ3n) is 3.41. The number of carbonyl (C=O) groups is 1. The summed E-state index contributed by atoms with van der Waals surface area (Å²) in [5, 5.41) is 0. The monoisotopic (exact) mass is 273 g/mol. The third-order valence-corrected chi connectivity index (χ3v) is 3.41. The molecule has 0 aliphatic rings. The highest BCUT2D eigenvalue weighted by Gasteiger charge is 2.19. The number of rotatable bonds is 4. The van der Waals surface area contributed by atoms with Crippen molar-refractivity contribution in [3.63, 3.8) is 0 Å². The van der Waals surface area contributed by atoms with Crippen LogP contribution in [0.5, 0.6) is 0 Å². The summed E-state index contributed by atoms with van der Waals surface area (Å²) >= 11 is 0. The number of aryl methyl sites for hydroxylation is 1. The van der Waals surface area contributed by atoms with Crippen molar-refractivity contribution in [3.05, 3.63) is 41.8 Å². The molecule has 0 fully saturated rings. The van der Waals surface area contributed by atoms with E-state index in [0.717, 1.165) is 5.69 Å². The van der Waals surface area contributed by atoms with Crippen molar-refractivity contribution in [2.45, 2.75) is 19.9 Å². The number of nitrogens with zero attached hydrogens (tertiary/aromatic N) is 2. The molecule has 0 aromatic carbocycles. The molecule has 0 bridgehead atoms. The van der Waals surface area contributed by atoms with Crippen LogP contribution in [-0.2, 0) is 0 Å². The van der Waals surface area contributed by atoms with Crippen molar-refractivity contribution in [2.75, 3.05) is 13.6 Å². The molecule has 1 amide bonds. The fourth-order valence-electron chi connectivity index (χ4n) is 1.90. The second-order valence-electron chi connectivity index (χ2n) is 4.81. The minimum Gasteiger partial charge on any atom is -0.463 e. The fourth-order valence-corrected chi connectivity index (χ4v) is 1.90. The van der Waals surface area contributed by atoms with Gasteiger partial charge in [0.15, 0.2) is 5.76 Å². The van der Waals surface area contributed by atoms with Gasteiger partial charge in [-0.15, -0.1) is 0 Å². The van der Waals surface area contributed by atoms with Crippen molar-refractivity contribution in [2.24, 2.45) is 5.73 Å². The van der Waals surface area contributed by atoms with E-state index in [2.05, 4.69) is 4.98 Å². The van der Waals surface area contributed by atoms with E-state index in [1.807, 2.05) is 26.0 Å². The Morgan fingerprint density at radius 1 is 1.45 bits per heavy atom. The zero-order chi connectivity index (χ0) is 14.7. The van der Waals surface area contributed by atoms with E-state index in [-0.39, 0.29) is 11.9 Å². The third kappa shape index (κ3) is 2.72. The topological polar surface area (TPSA) is 72.4 Å². The molecule has 2 rings (SSSR count). The van der Waals surface area contributed by atoms with Gasteiger partial charge in [0.2, 0.25) is 0 Å². The van der Waals surface area contributed by atoms with Gasteiger partial charge in [-0.25, -0.2) is 4.98 Å². The van der Waals surface area contributed by atoms with Gasteiger partial charge < -0.3 is 15.1 Å². The molecule has 0 aliphatic heterocycles. The summed E-state index contributed by atoms with van der Waals surface area (Å²) in [6, 6.07) is 7.21. The maximum absolute atomic E-state index is 12.4. The summed E-state index contributed by atoms with van der Waals surface area (Å²) in [5.41, 5.74) is 7.58. The van der Waals surface area contributed by atoms with Gasteiger partial charge in [-0.3, -0.25) is 4.79 Å². The Labute approximate surface area is 118 Å². The molecule has 0 saturated heterocycles. The number of hydrogen-bond acceptors (Lipinski definition) is 4. The highest BCUT2D eigenvalue weighted by molar-refractivity contribution is 5.95. The lowest BCUT2D eigenvalue weighted by atomic mass is 10.1. The number of carbonyl (C=O) groups excluding carboxylic acids is 1. The van der Waals surface area contributed by atoms with Crippen LogP contribution < -0.4 is 5.73 Å². The number of pyridine rings is 1. The molecule has 5 nitrogen and oxygen atoms in total. The minimum atomic E-state index is -0.0704. The van der Waals surface area contributed by atoms with Gasteiger partial charge in [0.1, 0.15) is 5.69 Å². The number of nitrogens with two attached hydrogens (primary N) is 1. The molecular weight excluding hydrogens is 254 g/mol. The van der Waals surface area contributed by atoms with Crippen molar-refractivity contribution in [3.8, 4) is 11.5 Å². The predicted octanol–water partition coefficient (Wildman–Crippen LogP) is 2.07. The summed E-state index contributed by atoms with van der Waals surface area (Å²) in [6.45, 7) is 4.16. The first-order valence-corrected chi connectivity index (χ1v) is 6.53. The molecule has 0 radical (unpaired) electrons. The largest absolute Gasteiger partial charge is 0.463 e. The van der Waals surface area contributed by atoms with E-state index in [4.69, 9.17) is 10.2 Å². The summed E-state index contributed by atoms with van der Waals surface area (Å²) < 4.78 is 5.30. The summed E-state index contributed by atoms with van der Waals surface area (Å²) in [6.07, 6.45) is 1.60. The summed E-state index contributed by atoms with van der Waals surface area (Å²) in [5.74, 6) is 0.620. The molecule has 2 N–H and O–H groups in total. The fraction of sp³-hybridized carbons (Fsp3) is 0.333. The smallest absolute Gasteiger partial charge is 0.255 e. The maximum atomic E-state index is 12.4. The highest BCUT2D eigenvalue weighted by Crippen LogP contribution is 2.20. The first kappa shape index (κ1) is 14.3. The lowest BCUT2D eigenvalue weighted by Gasteiger charge is -2.24. The summed E-state index contributed by atoms with van der Waals surface area (Å²) in [7, 11) is 1.75. The molecule has 2 aromatic rings. The quantitative estimate of drug-likeness (QED) is 0.925. The summed E-state index contributed by atoms with van der Waals surface area (Å²) in [4.78, 5) is 18.4. The molecular formula is C15H19N3O2. The first-order chi connectivity index (χ1) is 9.54. The number of likely N-dealkylation sites (N-methyl/N-ethyl adjacent to an activating group) is 1. The van der Waals surface area contributed by atoms with Gasteiger partial charge in [0, 0.05) is 19.6 Å². The Hall–Kier alpha value is -2.14. The van der Waals surface area contributed by atoms with Crippen molar-refractivity contribution < 1.29 is 9.21 Å². The van der Waals surface area contributed by atoms with Gasteiger partial charge >= 0.3 is 0 Å². The van der Waals surface area contributed by atoms with Crippen molar-refractivity contribution >= 4 is 5.91 Å². The number of aromatic nitrogens is 1. The number of hydrogen-bond donors (Lipinski definition) is 1. The molecule has 20 heavy (non-hydrogen) atoms. The van der Waals surface area contributed by atoms with Crippen LogP contribution in [0.15, 0.2) is 34.9 Å². The van der Waals surface area contributed by atoms with Crippen molar-refractivity contribution in [1.29, 1.82) is 0 Å². The molecule has 106 valence electrons. The second-order valence-corrected chi connectivity index (χ2v) is 4.81. The van der Waals surface area contributed by atoms with E-state index in [1.54, 1.807) is 30.3 Å². The van der Waals surface area contributed by atoms with Gasteiger partial charge in [-0.1, -0.05) is 0 Å². The Morgan fingerprint density at radius 2 is 2.20 bits per heavy atom. The van der Waals surface area contributed by atoms with Crippen LogP contribution in [0.2, 0.25) is 0 Å². The second kappa shape index (κ2) is 5.88. The van der Waals surface area contributed by atoms with Crippen molar-refractivity contribution in [1.82, 2.24) is 9.88 Å². The lowest BCUT2D eigenvalue weighted by molar-refractivity contribution is 0.0747. The van der Waals surface area contributed by atoms with Gasteiger partial charge in [0.05, 0.1) is 17.5 Å². The van der Waals surface area contributed by atoms with E-state index < -0.39 is 0 Å². The Balaban J connectivity index is 2.28. The molecule has 2 heterocycles. The highest BCUT2D eigenvalue weighted by atomic mass is 16.3. The molecule has 2 aromatic heterocycles. The van der Waals surface area contributed by atoms with Crippen LogP contribution in [0.4, 0.5) is 0 Å². The van der Waals surface area contributed by atoms with E-state index in [9.17, 15) is 4.79 Å². The molecule has 0 aliphatic carbocycles. The molecule has 0 spiro atoms. The van der Waals surface area contributed by atoms with Crippen LogP contribution in [0.3, 0.4) is 0 Å². The molecule has 1 atom stereocenters. The number of furan rings is 1. The van der Waals surface area contributed by atoms with Crippen LogP contribution in [0, 0.1) is 6.92 Å². The normalized spacial score (nSPS) is 12.2. The average Bonchev–Trinajstić information content (AvgIpc) is 2.99. The van der Waals surface area contributed by atoms with Gasteiger partial charge in [-0.05, 0) is 38.1 Å². The zero-order valence-electron chi connectivity index (χ0n) is 12.0. The average molecular weight is 273 g/mol. The van der Waals surface area contributed by atoms with Crippen LogP contribution in [0.1, 0.15) is 23.0 Å². The Bertz CT molecular complexity index is 593. The predicted molar refractivity (Wildman–Crippen MR) is 77.3 cm³/mol. The molecule has 0 saturated carbocycles. The Morgan fingerprint density at radius 3 is 2.75 bits per heavy atom. The van der Waals surface area contributed by atoms with E-state index in [0.29, 0.717) is 23.6 Å². The SMILES string of the molecule is Cc1nc(-c2ccco2)ccc1C(=O)N(C)C(C)CN. The standard InChI is InChI=1S/C15H19N3O2/c1-10(9-16)18(3)15(19)12-6-7-13(17-11(12)2)14-5-4-8-20-14/h4-8,10H,9,16H2,1-3H3. The Kier molecular flexibility index (Phi) is 4.20. The van der Waals surface area contributed by atoms with Crippen LogP contribution >= 0.6 is 0 Å². The minimum absolute atomic E-state index is 0.00773. The van der Waals surface area contributed by atoms with E-state index in [1.165, 1.54) is 0 Å². The molecule has 5 heteroatoms. The van der Waals surface area contributed by atoms with Crippen LogP contribution in [0.25, 0.3) is 11.5 Å². The van der Waals surface area contributed by atoms with Gasteiger partial charge in [0.25, 0.3) is 5.91 Å².